The average Bonchev–Trinajstić information content (AvgIpc) is 2.86. The second kappa shape index (κ2) is 3.65. The molecule has 1 aromatic carbocycles. The van der Waals surface area contributed by atoms with Crippen LogP contribution in [0.1, 0.15) is 30.9 Å². The van der Waals surface area contributed by atoms with Crippen molar-refractivity contribution in [2.75, 3.05) is 0 Å². The summed E-state index contributed by atoms with van der Waals surface area (Å²) in [6, 6.07) is 3.27. The minimum Gasteiger partial charge on any atom is -0.324 e. The van der Waals surface area contributed by atoms with E-state index in [4.69, 9.17) is 5.73 Å². The molecule has 1 saturated carbocycles. The van der Waals surface area contributed by atoms with E-state index in [-0.39, 0.29) is 6.04 Å². The molecule has 0 saturated heterocycles. The van der Waals surface area contributed by atoms with Gasteiger partial charge in [0.25, 0.3) is 0 Å². The number of hydrogen-bond donors (Lipinski definition) is 1. The molecule has 3 heteroatoms. The van der Waals surface area contributed by atoms with Gasteiger partial charge in [-0.2, -0.15) is 0 Å². The molecule has 1 nitrogen and oxygen atoms in total. The van der Waals surface area contributed by atoms with E-state index < -0.39 is 11.6 Å². The highest BCUT2D eigenvalue weighted by Gasteiger charge is 2.24. The van der Waals surface area contributed by atoms with Crippen molar-refractivity contribution in [2.45, 2.75) is 25.3 Å². The van der Waals surface area contributed by atoms with Crippen molar-refractivity contribution in [1.82, 2.24) is 0 Å². The molecule has 1 atom stereocenters. The van der Waals surface area contributed by atoms with Gasteiger partial charge in [-0.25, -0.2) is 8.78 Å². The first kappa shape index (κ1) is 9.59. The zero-order valence-corrected chi connectivity index (χ0v) is 7.84. The molecule has 76 valence electrons. The predicted molar refractivity (Wildman–Crippen MR) is 50.6 cm³/mol. The maximum absolute atomic E-state index is 12.8. The van der Waals surface area contributed by atoms with Crippen LogP contribution in [0.3, 0.4) is 0 Å². The summed E-state index contributed by atoms with van der Waals surface area (Å²) in [5.41, 5.74) is 6.40. The van der Waals surface area contributed by atoms with Crippen molar-refractivity contribution in [2.24, 2.45) is 11.7 Å². The molecule has 14 heavy (non-hydrogen) atoms. The largest absolute Gasteiger partial charge is 0.324 e. The van der Waals surface area contributed by atoms with Crippen molar-refractivity contribution in [3.8, 4) is 0 Å². The maximum atomic E-state index is 12.8. The molecule has 0 radical (unpaired) electrons. The normalized spacial score (nSPS) is 18.2. The van der Waals surface area contributed by atoms with Crippen LogP contribution < -0.4 is 5.73 Å². The fraction of sp³-hybridized carbons (Fsp3) is 0.455. The Hall–Kier alpha value is -0.960. The quantitative estimate of drug-likeness (QED) is 0.792. The topological polar surface area (TPSA) is 26.0 Å². The van der Waals surface area contributed by atoms with Crippen LogP contribution in [0, 0.1) is 17.6 Å². The van der Waals surface area contributed by atoms with Gasteiger partial charge in [-0.15, -0.1) is 0 Å². The Bertz CT molecular complexity index is 314. The highest BCUT2D eigenvalue weighted by molar-refractivity contribution is 5.21. The lowest BCUT2D eigenvalue weighted by atomic mass is 10.0. The number of hydrogen-bond acceptors (Lipinski definition) is 1. The summed E-state index contributed by atoms with van der Waals surface area (Å²) >= 11 is 0. The summed E-state index contributed by atoms with van der Waals surface area (Å²) in [5, 5.41) is 0. The van der Waals surface area contributed by atoms with Gasteiger partial charge in [0.2, 0.25) is 0 Å². The Morgan fingerprint density at radius 1 is 1.21 bits per heavy atom. The Labute approximate surface area is 81.9 Å². The van der Waals surface area contributed by atoms with Gasteiger partial charge in [0.15, 0.2) is 0 Å². The average molecular weight is 197 g/mol. The molecular formula is C11H13F2N. The second-order valence-corrected chi connectivity index (χ2v) is 3.99. The van der Waals surface area contributed by atoms with Crippen molar-refractivity contribution in [3.05, 3.63) is 35.4 Å². The van der Waals surface area contributed by atoms with Crippen LogP contribution in [0.2, 0.25) is 0 Å². The minimum absolute atomic E-state index is 0.229. The molecule has 1 aromatic rings. The molecular weight excluding hydrogens is 184 g/mol. The zero-order valence-electron chi connectivity index (χ0n) is 7.84. The fourth-order valence-electron chi connectivity index (χ4n) is 1.64. The lowest BCUT2D eigenvalue weighted by molar-refractivity contribution is 0.556. The van der Waals surface area contributed by atoms with E-state index >= 15 is 0 Å². The summed E-state index contributed by atoms with van der Waals surface area (Å²) in [5.74, 6) is -0.436. The summed E-state index contributed by atoms with van der Waals surface area (Å²) in [6.07, 6.45) is 3.24. The smallest absolute Gasteiger partial charge is 0.126 e. The highest BCUT2D eigenvalue weighted by Crippen LogP contribution is 2.36. The SMILES string of the molecule is N[C@H](CC1CC1)c1cc(F)cc(F)c1. The molecule has 1 aliphatic rings. The van der Waals surface area contributed by atoms with E-state index in [0.29, 0.717) is 11.5 Å². The van der Waals surface area contributed by atoms with Gasteiger partial charge < -0.3 is 5.73 Å². The molecule has 0 heterocycles. The molecule has 0 amide bonds. The first-order chi connectivity index (χ1) is 6.65. The van der Waals surface area contributed by atoms with Crippen LogP contribution in [-0.4, -0.2) is 0 Å². The lowest BCUT2D eigenvalue weighted by Gasteiger charge is -2.11. The maximum Gasteiger partial charge on any atom is 0.126 e. The molecule has 0 aromatic heterocycles. The van der Waals surface area contributed by atoms with Gasteiger partial charge in [0.1, 0.15) is 11.6 Å². The van der Waals surface area contributed by atoms with Gasteiger partial charge in [-0.3, -0.25) is 0 Å². The van der Waals surface area contributed by atoms with Crippen molar-refractivity contribution in [1.29, 1.82) is 0 Å². The van der Waals surface area contributed by atoms with Crippen LogP contribution >= 0.6 is 0 Å². The first-order valence-electron chi connectivity index (χ1n) is 4.87. The highest BCUT2D eigenvalue weighted by atomic mass is 19.1. The van der Waals surface area contributed by atoms with Crippen LogP contribution in [0.15, 0.2) is 18.2 Å². The second-order valence-electron chi connectivity index (χ2n) is 3.99. The third-order valence-electron chi connectivity index (χ3n) is 2.60. The Morgan fingerprint density at radius 2 is 1.79 bits per heavy atom. The van der Waals surface area contributed by atoms with E-state index in [1.807, 2.05) is 0 Å². The van der Waals surface area contributed by atoms with Gasteiger partial charge >= 0.3 is 0 Å². The Balaban J connectivity index is 2.12. The molecule has 0 aliphatic heterocycles. The number of benzene rings is 1. The van der Waals surface area contributed by atoms with Crippen LogP contribution in [0.4, 0.5) is 8.78 Å². The van der Waals surface area contributed by atoms with Crippen LogP contribution in [0.25, 0.3) is 0 Å². The van der Waals surface area contributed by atoms with Crippen LogP contribution in [-0.2, 0) is 0 Å². The summed E-state index contributed by atoms with van der Waals surface area (Å²) in [7, 11) is 0. The molecule has 1 fully saturated rings. The van der Waals surface area contributed by atoms with Crippen molar-refractivity contribution < 1.29 is 8.78 Å². The van der Waals surface area contributed by atoms with Gasteiger partial charge in [0, 0.05) is 12.1 Å². The van der Waals surface area contributed by atoms with Gasteiger partial charge in [-0.1, -0.05) is 12.8 Å². The molecule has 0 spiro atoms. The van der Waals surface area contributed by atoms with E-state index in [2.05, 4.69) is 0 Å². The first-order valence-corrected chi connectivity index (χ1v) is 4.87. The fourth-order valence-corrected chi connectivity index (χ4v) is 1.64. The van der Waals surface area contributed by atoms with Crippen LogP contribution in [0.5, 0.6) is 0 Å². The zero-order chi connectivity index (χ0) is 10.1. The summed E-state index contributed by atoms with van der Waals surface area (Å²) in [6.45, 7) is 0. The predicted octanol–water partition coefficient (Wildman–Crippen LogP) is 2.76. The lowest BCUT2D eigenvalue weighted by Crippen LogP contribution is -2.11. The molecule has 0 bridgehead atoms. The van der Waals surface area contributed by atoms with Crippen molar-refractivity contribution in [3.63, 3.8) is 0 Å². The third kappa shape index (κ3) is 2.29. The summed E-state index contributed by atoms with van der Waals surface area (Å²) < 4.78 is 25.7. The van der Waals surface area contributed by atoms with E-state index in [1.54, 1.807) is 0 Å². The van der Waals surface area contributed by atoms with E-state index in [9.17, 15) is 8.78 Å². The molecule has 1 aliphatic carbocycles. The molecule has 0 unspecified atom stereocenters. The van der Waals surface area contributed by atoms with E-state index in [1.165, 1.54) is 25.0 Å². The minimum atomic E-state index is -0.550. The van der Waals surface area contributed by atoms with Gasteiger partial charge in [-0.05, 0) is 30.0 Å². The Morgan fingerprint density at radius 3 is 2.29 bits per heavy atom. The van der Waals surface area contributed by atoms with Gasteiger partial charge in [0.05, 0.1) is 0 Å². The summed E-state index contributed by atoms with van der Waals surface area (Å²) in [4.78, 5) is 0. The Kier molecular flexibility index (Phi) is 2.50. The number of halogens is 2. The number of nitrogens with two attached hydrogens (primary N) is 1. The van der Waals surface area contributed by atoms with E-state index in [0.717, 1.165) is 12.5 Å². The monoisotopic (exact) mass is 197 g/mol. The standard InChI is InChI=1S/C11H13F2N/c12-9-4-8(5-10(13)6-9)11(14)3-7-1-2-7/h4-7,11H,1-3,14H2/t11-/m1/s1. The molecule has 2 N–H and O–H groups in total. The van der Waals surface area contributed by atoms with Crippen molar-refractivity contribution >= 4 is 0 Å². The molecule has 2 rings (SSSR count). The third-order valence-corrected chi connectivity index (χ3v) is 2.60. The number of rotatable bonds is 3.